The molecule has 1 heterocycles. The number of nitrogens with zero attached hydrogens (tertiary/aromatic N) is 1. The van der Waals surface area contributed by atoms with Gasteiger partial charge in [-0.15, -0.1) is 0 Å². The number of carbonyl (C=O) groups is 1. The third-order valence-electron chi connectivity index (χ3n) is 3.18. The van der Waals surface area contributed by atoms with Gasteiger partial charge in [-0.3, -0.25) is 4.79 Å². The Morgan fingerprint density at radius 1 is 1.11 bits per heavy atom. The Balaban J connectivity index is 1.84. The number of rotatable bonds is 2. The first kappa shape index (κ1) is 10.8. The average Bonchev–Trinajstić information content (AvgIpc) is 2.67. The van der Waals surface area contributed by atoms with Crippen molar-refractivity contribution in [1.82, 2.24) is 4.90 Å². The van der Waals surface area contributed by atoms with Crippen molar-refractivity contribution in [3.05, 3.63) is 65.2 Å². The van der Waals surface area contributed by atoms with Gasteiger partial charge in [-0.1, -0.05) is 30.3 Å². The van der Waals surface area contributed by atoms with Gasteiger partial charge in [0.05, 0.1) is 0 Å². The molecule has 2 aromatic carbocycles. The molecule has 90 valence electrons. The van der Waals surface area contributed by atoms with Crippen molar-refractivity contribution in [1.29, 1.82) is 0 Å². The number of benzene rings is 2. The van der Waals surface area contributed by atoms with Gasteiger partial charge in [-0.05, 0) is 29.3 Å². The molecular weight excluding hydrogens is 226 g/mol. The van der Waals surface area contributed by atoms with Gasteiger partial charge in [0.25, 0.3) is 5.91 Å². The van der Waals surface area contributed by atoms with Crippen molar-refractivity contribution in [2.45, 2.75) is 13.1 Å². The topological polar surface area (TPSA) is 40.5 Å². The minimum Gasteiger partial charge on any atom is -0.508 e. The number of fused-ring (bicyclic) bond motifs is 1. The monoisotopic (exact) mass is 239 g/mol. The van der Waals surface area contributed by atoms with Crippen LogP contribution in [0, 0.1) is 0 Å². The fraction of sp³-hybridized carbons (Fsp3) is 0.133. The molecule has 1 aliphatic heterocycles. The molecule has 3 rings (SSSR count). The fourth-order valence-corrected chi connectivity index (χ4v) is 2.30. The summed E-state index contributed by atoms with van der Waals surface area (Å²) >= 11 is 0. The zero-order valence-corrected chi connectivity index (χ0v) is 9.84. The van der Waals surface area contributed by atoms with Gasteiger partial charge in [0.2, 0.25) is 0 Å². The minimum absolute atomic E-state index is 0.0360. The number of hydrogen-bond donors (Lipinski definition) is 1. The molecule has 0 bridgehead atoms. The second-order valence-electron chi connectivity index (χ2n) is 4.49. The lowest BCUT2D eigenvalue weighted by atomic mass is 10.1. The number of amides is 1. The van der Waals surface area contributed by atoms with E-state index in [1.165, 1.54) is 0 Å². The number of phenols is 1. The molecule has 0 aliphatic carbocycles. The highest BCUT2D eigenvalue weighted by Gasteiger charge is 2.27. The molecule has 0 atom stereocenters. The molecule has 3 nitrogen and oxygen atoms in total. The molecule has 3 heteroatoms. The van der Waals surface area contributed by atoms with Crippen LogP contribution in [0.25, 0.3) is 0 Å². The number of aromatic hydroxyl groups is 1. The Bertz CT molecular complexity index is 593. The van der Waals surface area contributed by atoms with Gasteiger partial charge in [-0.2, -0.15) is 0 Å². The number of carbonyl (C=O) groups excluding carboxylic acids is 1. The molecule has 1 N–H and O–H groups in total. The smallest absolute Gasteiger partial charge is 0.254 e. The molecule has 1 amide bonds. The fourth-order valence-electron chi connectivity index (χ4n) is 2.30. The van der Waals surface area contributed by atoms with E-state index in [1.807, 2.05) is 30.3 Å². The maximum Gasteiger partial charge on any atom is 0.254 e. The van der Waals surface area contributed by atoms with Crippen molar-refractivity contribution >= 4 is 5.91 Å². The minimum atomic E-state index is 0.0360. The average molecular weight is 239 g/mol. The van der Waals surface area contributed by atoms with Crippen molar-refractivity contribution in [3.8, 4) is 5.75 Å². The van der Waals surface area contributed by atoms with E-state index in [0.29, 0.717) is 18.7 Å². The molecule has 0 spiro atoms. The lowest BCUT2D eigenvalue weighted by molar-refractivity contribution is 0.0766. The molecular formula is C15H13NO2. The van der Waals surface area contributed by atoms with Gasteiger partial charge >= 0.3 is 0 Å². The van der Waals surface area contributed by atoms with E-state index >= 15 is 0 Å². The summed E-state index contributed by atoms with van der Waals surface area (Å²) in [5.74, 6) is 0.247. The molecule has 0 radical (unpaired) electrons. The first-order chi connectivity index (χ1) is 8.74. The highest BCUT2D eigenvalue weighted by molar-refractivity contribution is 5.98. The third kappa shape index (κ3) is 1.84. The van der Waals surface area contributed by atoms with E-state index in [0.717, 1.165) is 11.1 Å². The van der Waals surface area contributed by atoms with Crippen LogP contribution in [-0.2, 0) is 13.1 Å². The van der Waals surface area contributed by atoms with Crippen molar-refractivity contribution in [3.63, 3.8) is 0 Å². The Morgan fingerprint density at radius 2 is 1.89 bits per heavy atom. The summed E-state index contributed by atoms with van der Waals surface area (Å²) in [6, 6.07) is 14.8. The second-order valence-corrected chi connectivity index (χ2v) is 4.49. The van der Waals surface area contributed by atoms with Gasteiger partial charge < -0.3 is 10.0 Å². The maximum atomic E-state index is 12.2. The van der Waals surface area contributed by atoms with E-state index in [1.54, 1.807) is 23.1 Å². The molecule has 0 saturated heterocycles. The molecule has 0 aromatic heterocycles. The Labute approximate surface area is 105 Å². The highest BCUT2D eigenvalue weighted by Crippen LogP contribution is 2.27. The van der Waals surface area contributed by atoms with Gasteiger partial charge in [0, 0.05) is 18.7 Å². The second kappa shape index (κ2) is 4.18. The van der Waals surface area contributed by atoms with Crippen LogP contribution in [0.15, 0.2) is 48.5 Å². The normalized spacial score (nSPS) is 13.8. The van der Waals surface area contributed by atoms with Crippen molar-refractivity contribution in [2.75, 3.05) is 0 Å². The van der Waals surface area contributed by atoms with Crippen LogP contribution in [-0.4, -0.2) is 15.9 Å². The quantitative estimate of drug-likeness (QED) is 0.874. The third-order valence-corrected chi connectivity index (χ3v) is 3.18. The van der Waals surface area contributed by atoms with E-state index in [-0.39, 0.29) is 11.7 Å². The van der Waals surface area contributed by atoms with Crippen LogP contribution in [0.4, 0.5) is 0 Å². The summed E-state index contributed by atoms with van der Waals surface area (Å²) in [4.78, 5) is 13.9. The SMILES string of the molecule is O=C1c2ccc(O)cc2CN1Cc1ccccc1. The van der Waals surface area contributed by atoms with E-state index in [2.05, 4.69) is 0 Å². The van der Waals surface area contributed by atoms with Gasteiger partial charge in [0.1, 0.15) is 5.75 Å². The lowest BCUT2D eigenvalue weighted by Gasteiger charge is -2.15. The molecule has 18 heavy (non-hydrogen) atoms. The lowest BCUT2D eigenvalue weighted by Crippen LogP contribution is -2.23. The number of phenolic OH excluding ortho intramolecular Hbond substituents is 1. The molecule has 0 unspecified atom stereocenters. The van der Waals surface area contributed by atoms with Crippen LogP contribution in [0.2, 0.25) is 0 Å². The number of hydrogen-bond acceptors (Lipinski definition) is 2. The largest absolute Gasteiger partial charge is 0.508 e. The maximum absolute atomic E-state index is 12.2. The summed E-state index contributed by atoms with van der Waals surface area (Å²) in [5, 5.41) is 9.43. The molecule has 2 aromatic rings. The predicted octanol–water partition coefficient (Wildman–Crippen LogP) is 2.55. The van der Waals surface area contributed by atoms with E-state index in [4.69, 9.17) is 0 Å². The highest BCUT2D eigenvalue weighted by atomic mass is 16.3. The van der Waals surface area contributed by atoms with Gasteiger partial charge in [0.15, 0.2) is 0 Å². The predicted molar refractivity (Wildman–Crippen MR) is 68.1 cm³/mol. The summed E-state index contributed by atoms with van der Waals surface area (Å²) < 4.78 is 0. The molecule has 0 saturated carbocycles. The molecule has 0 fully saturated rings. The first-order valence-corrected chi connectivity index (χ1v) is 5.89. The summed E-state index contributed by atoms with van der Waals surface area (Å²) in [7, 11) is 0. The van der Waals surface area contributed by atoms with Gasteiger partial charge in [-0.25, -0.2) is 0 Å². The standard InChI is InChI=1S/C15H13NO2/c17-13-6-7-14-12(8-13)10-16(15(14)18)9-11-4-2-1-3-5-11/h1-8,17H,9-10H2. The Morgan fingerprint density at radius 3 is 2.67 bits per heavy atom. The zero-order valence-electron chi connectivity index (χ0n) is 9.84. The van der Waals surface area contributed by atoms with E-state index in [9.17, 15) is 9.90 Å². The zero-order chi connectivity index (χ0) is 12.5. The van der Waals surface area contributed by atoms with E-state index < -0.39 is 0 Å². The van der Waals surface area contributed by atoms with Crippen LogP contribution in [0.1, 0.15) is 21.5 Å². The van der Waals surface area contributed by atoms with Crippen molar-refractivity contribution < 1.29 is 9.90 Å². The summed E-state index contributed by atoms with van der Waals surface area (Å²) in [6.07, 6.45) is 0. The van der Waals surface area contributed by atoms with Crippen LogP contribution in [0.3, 0.4) is 0 Å². The Hall–Kier alpha value is -2.29. The summed E-state index contributed by atoms with van der Waals surface area (Å²) in [6.45, 7) is 1.17. The molecule has 1 aliphatic rings. The van der Waals surface area contributed by atoms with Crippen LogP contribution >= 0.6 is 0 Å². The van der Waals surface area contributed by atoms with Crippen LogP contribution < -0.4 is 0 Å². The first-order valence-electron chi connectivity index (χ1n) is 5.89. The van der Waals surface area contributed by atoms with Crippen molar-refractivity contribution in [2.24, 2.45) is 0 Å². The van der Waals surface area contributed by atoms with Crippen LogP contribution in [0.5, 0.6) is 5.75 Å². The Kier molecular flexibility index (Phi) is 2.52. The summed E-state index contributed by atoms with van der Waals surface area (Å²) in [5.41, 5.74) is 2.71.